The minimum atomic E-state index is -3.27. The molecule has 1 aromatic carbocycles. The summed E-state index contributed by atoms with van der Waals surface area (Å²) in [6.07, 6.45) is 0.762. The molecule has 0 saturated carbocycles. The van der Waals surface area contributed by atoms with E-state index in [9.17, 15) is 8.42 Å². The predicted molar refractivity (Wildman–Crippen MR) is 73.0 cm³/mol. The summed E-state index contributed by atoms with van der Waals surface area (Å²) in [7, 11) is -3.27. The Kier molecular flexibility index (Phi) is 5.43. The van der Waals surface area contributed by atoms with Gasteiger partial charge < -0.3 is 10.5 Å². The predicted octanol–water partition coefficient (Wildman–Crippen LogP) is 1.37. The zero-order valence-corrected chi connectivity index (χ0v) is 11.5. The fraction of sp³-hybridized carbons (Fsp3) is 0.500. The zero-order valence-electron chi connectivity index (χ0n) is 10.7. The normalized spacial score (nSPS) is 13.2. The SMILES string of the molecule is CCC(C)NS(=O)(=O)CCOc1ccc(N)cc1. The van der Waals surface area contributed by atoms with Crippen molar-refractivity contribution in [2.24, 2.45) is 0 Å². The summed E-state index contributed by atoms with van der Waals surface area (Å²) in [5.74, 6) is 0.560. The Morgan fingerprint density at radius 1 is 1.33 bits per heavy atom. The second-order valence-electron chi connectivity index (χ2n) is 4.16. The Bertz CT molecular complexity index is 457. The van der Waals surface area contributed by atoms with Crippen molar-refractivity contribution < 1.29 is 13.2 Å². The molecular weight excluding hydrogens is 252 g/mol. The number of sulfonamides is 1. The van der Waals surface area contributed by atoms with Gasteiger partial charge in [0.2, 0.25) is 10.0 Å². The van der Waals surface area contributed by atoms with E-state index < -0.39 is 10.0 Å². The third-order valence-corrected chi connectivity index (χ3v) is 3.96. The van der Waals surface area contributed by atoms with E-state index in [0.29, 0.717) is 11.4 Å². The van der Waals surface area contributed by atoms with Crippen LogP contribution in [0.3, 0.4) is 0 Å². The van der Waals surface area contributed by atoms with Crippen molar-refractivity contribution in [1.82, 2.24) is 4.72 Å². The van der Waals surface area contributed by atoms with Crippen molar-refractivity contribution in [2.75, 3.05) is 18.1 Å². The van der Waals surface area contributed by atoms with Crippen LogP contribution in [0.25, 0.3) is 0 Å². The smallest absolute Gasteiger partial charge is 0.215 e. The number of nitrogens with two attached hydrogens (primary N) is 1. The van der Waals surface area contributed by atoms with Gasteiger partial charge in [-0.05, 0) is 37.6 Å². The van der Waals surface area contributed by atoms with Crippen LogP contribution in [0.15, 0.2) is 24.3 Å². The lowest BCUT2D eigenvalue weighted by Gasteiger charge is -2.12. The molecule has 0 radical (unpaired) electrons. The van der Waals surface area contributed by atoms with Crippen LogP contribution in [0, 0.1) is 0 Å². The Hall–Kier alpha value is -1.27. The Morgan fingerprint density at radius 2 is 1.94 bits per heavy atom. The first kappa shape index (κ1) is 14.8. The van der Waals surface area contributed by atoms with E-state index in [2.05, 4.69) is 4.72 Å². The molecule has 3 N–H and O–H groups in total. The summed E-state index contributed by atoms with van der Waals surface area (Å²) < 4.78 is 31.2. The summed E-state index contributed by atoms with van der Waals surface area (Å²) >= 11 is 0. The molecule has 102 valence electrons. The fourth-order valence-electron chi connectivity index (χ4n) is 1.28. The monoisotopic (exact) mass is 272 g/mol. The third-order valence-electron chi connectivity index (χ3n) is 2.49. The third kappa shape index (κ3) is 5.37. The van der Waals surface area contributed by atoms with E-state index in [-0.39, 0.29) is 18.4 Å². The molecular formula is C12H20N2O3S. The van der Waals surface area contributed by atoms with Gasteiger partial charge in [-0.25, -0.2) is 13.1 Å². The molecule has 0 bridgehead atoms. The van der Waals surface area contributed by atoms with E-state index in [0.717, 1.165) is 6.42 Å². The highest BCUT2D eigenvalue weighted by molar-refractivity contribution is 7.89. The van der Waals surface area contributed by atoms with Crippen LogP contribution >= 0.6 is 0 Å². The highest BCUT2D eigenvalue weighted by Gasteiger charge is 2.13. The molecule has 0 aliphatic rings. The highest BCUT2D eigenvalue weighted by Crippen LogP contribution is 2.12. The van der Waals surface area contributed by atoms with Gasteiger partial charge in [-0.1, -0.05) is 6.92 Å². The number of nitrogens with one attached hydrogen (secondary N) is 1. The van der Waals surface area contributed by atoms with Gasteiger partial charge in [0.05, 0.1) is 5.75 Å². The molecule has 0 saturated heterocycles. The van der Waals surface area contributed by atoms with Crippen LogP contribution in [0.5, 0.6) is 5.75 Å². The molecule has 1 atom stereocenters. The summed E-state index contributed by atoms with van der Waals surface area (Å²) in [5, 5.41) is 0. The van der Waals surface area contributed by atoms with Gasteiger partial charge in [-0.15, -0.1) is 0 Å². The molecule has 1 rings (SSSR count). The first-order chi connectivity index (χ1) is 8.43. The molecule has 0 fully saturated rings. The number of nitrogen functional groups attached to an aromatic ring is 1. The van der Waals surface area contributed by atoms with Crippen LogP contribution in [0.2, 0.25) is 0 Å². The molecule has 0 amide bonds. The second-order valence-corrected chi connectivity index (χ2v) is 6.04. The van der Waals surface area contributed by atoms with Gasteiger partial charge >= 0.3 is 0 Å². The number of ether oxygens (including phenoxy) is 1. The maximum Gasteiger partial charge on any atom is 0.215 e. The Morgan fingerprint density at radius 3 is 2.50 bits per heavy atom. The lowest BCUT2D eigenvalue weighted by Crippen LogP contribution is -2.35. The first-order valence-corrected chi connectivity index (χ1v) is 7.56. The molecule has 5 nitrogen and oxygen atoms in total. The summed E-state index contributed by atoms with van der Waals surface area (Å²) in [4.78, 5) is 0. The quantitative estimate of drug-likeness (QED) is 0.734. The minimum absolute atomic E-state index is 0.0495. The van der Waals surface area contributed by atoms with E-state index in [1.807, 2.05) is 13.8 Å². The van der Waals surface area contributed by atoms with Crippen LogP contribution in [-0.2, 0) is 10.0 Å². The van der Waals surface area contributed by atoms with Crippen molar-refractivity contribution in [2.45, 2.75) is 26.3 Å². The number of benzene rings is 1. The molecule has 1 aromatic rings. The van der Waals surface area contributed by atoms with Crippen molar-refractivity contribution in [3.63, 3.8) is 0 Å². The largest absolute Gasteiger partial charge is 0.492 e. The van der Waals surface area contributed by atoms with Crippen LogP contribution in [0.4, 0.5) is 5.69 Å². The average molecular weight is 272 g/mol. The van der Waals surface area contributed by atoms with Gasteiger partial charge in [0.15, 0.2) is 0 Å². The zero-order chi connectivity index (χ0) is 13.6. The molecule has 0 aliphatic carbocycles. The van der Waals surface area contributed by atoms with Gasteiger partial charge in [0, 0.05) is 11.7 Å². The standard InChI is InChI=1S/C12H20N2O3S/c1-3-10(2)14-18(15,16)9-8-17-12-6-4-11(13)5-7-12/h4-7,10,14H,3,8-9,13H2,1-2H3. The van der Waals surface area contributed by atoms with Gasteiger partial charge in [0.25, 0.3) is 0 Å². The van der Waals surface area contributed by atoms with Crippen molar-refractivity contribution in [3.8, 4) is 5.75 Å². The maximum atomic E-state index is 11.6. The molecule has 0 aliphatic heterocycles. The van der Waals surface area contributed by atoms with Gasteiger partial charge in [0.1, 0.15) is 12.4 Å². The maximum absolute atomic E-state index is 11.6. The van der Waals surface area contributed by atoms with Crippen molar-refractivity contribution >= 4 is 15.7 Å². The van der Waals surface area contributed by atoms with E-state index in [1.54, 1.807) is 24.3 Å². The summed E-state index contributed by atoms with van der Waals surface area (Å²) in [5.41, 5.74) is 6.18. The van der Waals surface area contributed by atoms with E-state index >= 15 is 0 Å². The number of hydrogen-bond acceptors (Lipinski definition) is 4. The van der Waals surface area contributed by atoms with Crippen LogP contribution in [0.1, 0.15) is 20.3 Å². The molecule has 0 aromatic heterocycles. The molecule has 0 spiro atoms. The molecule has 0 heterocycles. The lowest BCUT2D eigenvalue weighted by atomic mass is 10.3. The molecule has 18 heavy (non-hydrogen) atoms. The van der Waals surface area contributed by atoms with Gasteiger partial charge in [-0.3, -0.25) is 0 Å². The minimum Gasteiger partial charge on any atom is -0.492 e. The molecule has 6 heteroatoms. The topological polar surface area (TPSA) is 81.4 Å². The van der Waals surface area contributed by atoms with Crippen molar-refractivity contribution in [1.29, 1.82) is 0 Å². The summed E-state index contributed by atoms with van der Waals surface area (Å²) in [6.45, 7) is 3.88. The van der Waals surface area contributed by atoms with Crippen LogP contribution < -0.4 is 15.2 Å². The van der Waals surface area contributed by atoms with E-state index in [4.69, 9.17) is 10.5 Å². The summed E-state index contributed by atoms with van der Waals surface area (Å²) in [6, 6.07) is 6.79. The molecule has 1 unspecified atom stereocenters. The number of rotatable bonds is 7. The average Bonchev–Trinajstić information content (AvgIpc) is 2.31. The first-order valence-electron chi connectivity index (χ1n) is 5.91. The highest BCUT2D eigenvalue weighted by atomic mass is 32.2. The number of hydrogen-bond donors (Lipinski definition) is 2. The van der Waals surface area contributed by atoms with Crippen LogP contribution in [-0.4, -0.2) is 26.8 Å². The fourth-order valence-corrected chi connectivity index (χ4v) is 2.48. The van der Waals surface area contributed by atoms with E-state index in [1.165, 1.54) is 0 Å². The second kappa shape index (κ2) is 6.61. The van der Waals surface area contributed by atoms with Crippen molar-refractivity contribution in [3.05, 3.63) is 24.3 Å². The lowest BCUT2D eigenvalue weighted by molar-refractivity contribution is 0.340. The number of anilines is 1. The Balaban J connectivity index is 2.39. The van der Waals surface area contributed by atoms with Gasteiger partial charge in [-0.2, -0.15) is 0 Å². The Labute approximate surface area is 108 Å².